The molecule has 2 rings (SSSR count). The van der Waals surface area contributed by atoms with Crippen LogP contribution in [-0.4, -0.2) is 0 Å². The van der Waals surface area contributed by atoms with Crippen molar-refractivity contribution in [3.05, 3.63) is 28.1 Å². The molecule has 0 aliphatic carbocycles. The Morgan fingerprint density at radius 3 is 2.79 bits per heavy atom. The van der Waals surface area contributed by atoms with Crippen molar-refractivity contribution in [1.29, 1.82) is 0 Å². The minimum Gasteiger partial charge on any atom is -0.205 e. The molecule has 0 aliphatic rings. The lowest BCUT2D eigenvalue weighted by molar-refractivity contribution is 0.151. The lowest BCUT2D eigenvalue weighted by Crippen LogP contribution is -1.86. The Labute approximate surface area is 93.9 Å². The van der Waals surface area contributed by atoms with E-state index in [0.717, 1.165) is 5.39 Å². The Morgan fingerprint density at radius 2 is 2.14 bits per heavy atom. The minimum atomic E-state index is -2.56. The van der Waals surface area contributed by atoms with Gasteiger partial charge in [0.15, 0.2) is 0 Å². The number of fused-ring (bicyclic) bond motifs is 1. The van der Waals surface area contributed by atoms with Crippen LogP contribution in [0.2, 0.25) is 5.02 Å². The number of benzene rings is 1. The summed E-state index contributed by atoms with van der Waals surface area (Å²) in [6, 6.07) is 3.15. The van der Waals surface area contributed by atoms with Crippen molar-refractivity contribution in [3.8, 4) is 0 Å². The van der Waals surface area contributed by atoms with Crippen LogP contribution in [-0.2, 0) is 0 Å². The number of hydrogen-bond acceptors (Lipinski definition) is 2. The van der Waals surface area contributed by atoms with Gasteiger partial charge in [-0.1, -0.05) is 11.6 Å². The fraction of sp³-hybridized carbons (Fsp3) is 0.111. The van der Waals surface area contributed by atoms with Crippen LogP contribution in [0.3, 0.4) is 0 Å². The first-order valence-corrected chi connectivity index (χ1v) is 5.48. The van der Waals surface area contributed by atoms with Gasteiger partial charge in [0.2, 0.25) is 0 Å². The third-order valence-corrected chi connectivity index (χ3v) is 3.74. The molecule has 1 aromatic carbocycles. The predicted molar refractivity (Wildman–Crippen MR) is 59.0 cm³/mol. The molecule has 2 aromatic rings. The second kappa shape index (κ2) is 3.68. The summed E-state index contributed by atoms with van der Waals surface area (Å²) in [6.07, 6.45) is -2.56. The zero-order valence-corrected chi connectivity index (χ0v) is 9.27. The standard InChI is InChI=1S/C9H5ClF2S2/c10-7-5(9(11)12)3-6(13)4-1-2-14-8(4)7/h1-3,9,13H. The molecular formula is C9H5ClF2S2. The summed E-state index contributed by atoms with van der Waals surface area (Å²) < 4.78 is 25.7. The van der Waals surface area contributed by atoms with E-state index in [2.05, 4.69) is 12.6 Å². The van der Waals surface area contributed by atoms with Crippen LogP contribution >= 0.6 is 35.6 Å². The van der Waals surface area contributed by atoms with Crippen molar-refractivity contribution < 1.29 is 8.78 Å². The number of rotatable bonds is 1. The molecule has 0 spiro atoms. The second-order valence-electron chi connectivity index (χ2n) is 2.76. The van der Waals surface area contributed by atoms with Gasteiger partial charge in [0, 0.05) is 15.8 Å². The van der Waals surface area contributed by atoms with E-state index in [-0.39, 0.29) is 10.6 Å². The smallest absolute Gasteiger partial charge is 0.205 e. The highest BCUT2D eigenvalue weighted by atomic mass is 35.5. The molecule has 0 unspecified atom stereocenters. The zero-order valence-electron chi connectivity index (χ0n) is 6.80. The predicted octanol–water partition coefficient (Wildman–Crippen LogP) is 4.78. The molecule has 1 heterocycles. The monoisotopic (exact) mass is 250 g/mol. The summed E-state index contributed by atoms with van der Waals surface area (Å²) in [5, 5.41) is 2.78. The van der Waals surface area contributed by atoms with Gasteiger partial charge >= 0.3 is 0 Å². The summed E-state index contributed by atoms with van der Waals surface area (Å²) in [7, 11) is 0. The zero-order chi connectivity index (χ0) is 10.3. The second-order valence-corrected chi connectivity index (χ2v) is 4.54. The normalized spacial score (nSPS) is 11.5. The molecule has 5 heteroatoms. The lowest BCUT2D eigenvalue weighted by Gasteiger charge is -2.05. The summed E-state index contributed by atoms with van der Waals surface area (Å²) in [5.74, 6) is 0. The molecular weight excluding hydrogens is 246 g/mol. The van der Waals surface area contributed by atoms with E-state index in [1.54, 1.807) is 0 Å². The van der Waals surface area contributed by atoms with Crippen molar-refractivity contribution in [2.45, 2.75) is 11.3 Å². The van der Waals surface area contributed by atoms with Gasteiger partial charge < -0.3 is 0 Å². The summed E-state index contributed by atoms with van der Waals surface area (Å²) >= 11 is 11.3. The van der Waals surface area contributed by atoms with Crippen LogP contribution in [0, 0.1) is 0 Å². The van der Waals surface area contributed by atoms with Gasteiger partial charge in [0.1, 0.15) is 0 Å². The number of alkyl halides is 2. The van der Waals surface area contributed by atoms with Gasteiger partial charge in [-0.2, -0.15) is 0 Å². The molecule has 14 heavy (non-hydrogen) atoms. The number of halogens is 3. The molecule has 0 radical (unpaired) electrons. The molecule has 0 nitrogen and oxygen atoms in total. The van der Waals surface area contributed by atoms with E-state index in [9.17, 15) is 8.78 Å². The molecule has 74 valence electrons. The van der Waals surface area contributed by atoms with Crippen LogP contribution in [0.5, 0.6) is 0 Å². The number of thiol groups is 1. The number of hydrogen-bond donors (Lipinski definition) is 1. The van der Waals surface area contributed by atoms with Crippen LogP contribution < -0.4 is 0 Å². The minimum absolute atomic E-state index is 0.141. The summed E-state index contributed by atoms with van der Waals surface area (Å²) in [6.45, 7) is 0. The van der Waals surface area contributed by atoms with Crippen LogP contribution in [0.4, 0.5) is 8.78 Å². The molecule has 0 saturated carbocycles. The first-order chi connectivity index (χ1) is 6.61. The first kappa shape index (κ1) is 10.2. The number of thiophene rings is 1. The topological polar surface area (TPSA) is 0 Å². The molecule has 0 atom stereocenters. The van der Waals surface area contributed by atoms with Crippen LogP contribution in [0.25, 0.3) is 10.1 Å². The quantitative estimate of drug-likeness (QED) is 0.692. The highest BCUT2D eigenvalue weighted by molar-refractivity contribution is 7.80. The Balaban J connectivity index is 2.82. The highest BCUT2D eigenvalue weighted by Crippen LogP contribution is 2.39. The van der Waals surface area contributed by atoms with E-state index in [4.69, 9.17) is 11.6 Å². The van der Waals surface area contributed by atoms with Gasteiger partial charge in [-0.05, 0) is 17.5 Å². The Kier molecular flexibility index (Phi) is 2.68. The largest absolute Gasteiger partial charge is 0.265 e. The third kappa shape index (κ3) is 1.51. The lowest BCUT2D eigenvalue weighted by atomic mass is 10.2. The maximum absolute atomic E-state index is 12.5. The van der Waals surface area contributed by atoms with Crippen LogP contribution in [0.15, 0.2) is 22.4 Å². The average molecular weight is 251 g/mol. The fourth-order valence-electron chi connectivity index (χ4n) is 1.26. The average Bonchev–Trinajstić information content (AvgIpc) is 2.59. The van der Waals surface area contributed by atoms with E-state index >= 15 is 0 Å². The Morgan fingerprint density at radius 1 is 1.43 bits per heavy atom. The maximum atomic E-state index is 12.5. The molecule has 0 fully saturated rings. The van der Waals surface area contributed by atoms with Gasteiger partial charge in [-0.15, -0.1) is 24.0 Å². The van der Waals surface area contributed by atoms with Gasteiger partial charge in [0.25, 0.3) is 6.43 Å². The molecule has 0 N–H and O–H groups in total. The molecule has 0 amide bonds. The van der Waals surface area contributed by atoms with E-state index in [1.807, 2.05) is 11.4 Å². The van der Waals surface area contributed by atoms with E-state index < -0.39 is 6.43 Å². The highest BCUT2D eigenvalue weighted by Gasteiger charge is 2.16. The van der Waals surface area contributed by atoms with Crippen molar-refractivity contribution in [3.63, 3.8) is 0 Å². The molecule has 1 aromatic heterocycles. The summed E-state index contributed by atoms with van der Waals surface area (Å²) in [5.41, 5.74) is -0.147. The molecule has 0 bridgehead atoms. The van der Waals surface area contributed by atoms with Crippen molar-refractivity contribution in [2.24, 2.45) is 0 Å². The van der Waals surface area contributed by atoms with E-state index in [1.165, 1.54) is 17.4 Å². The molecule has 0 saturated heterocycles. The van der Waals surface area contributed by atoms with Crippen molar-refractivity contribution >= 4 is 45.7 Å². The Hall–Kier alpha value is -0.320. The van der Waals surface area contributed by atoms with Gasteiger partial charge in [-0.25, -0.2) is 8.78 Å². The fourth-order valence-corrected chi connectivity index (χ4v) is 2.90. The van der Waals surface area contributed by atoms with E-state index in [0.29, 0.717) is 9.60 Å². The summed E-state index contributed by atoms with van der Waals surface area (Å²) in [4.78, 5) is 0.543. The SMILES string of the molecule is FC(F)c1cc(S)c2ccsc2c1Cl. The maximum Gasteiger partial charge on any atom is 0.265 e. The first-order valence-electron chi connectivity index (χ1n) is 3.78. The van der Waals surface area contributed by atoms with Crippen molar-refractivity contribution in [2.75, 3.05) is 0 Å². The molecule has 0 aliphatic heterocycles. The van der Waals surface area contributed by atoms with Crippen molar-refractivity contribution in [1.82, 2.24) is 0 Å². The third-order valence-electron chi connectivity index (χ3n) is 1.92. The van der Waals surface area contributed by atoms with Gasteiger partial charge in [-0.3, -0.25) is 0 Å². The van der Waals surface area contributed by atoms with Gasteiger partial charge in [0.05, 0.1) is 9.72 Å². The Bertz CT molecular complexity index is 479. The van der Waals surface area contributed by atoms with Crippen LogP contribution in [0.1, 0.15) is 12.0 Å².